The lowest BCUT2D eigenvalue weighted by Gasteiger charge is -2.45. The number of nitrogens with zero attached hydrogens (tertiary/aromatic N) is 4. The maximum absolute atomic E-state index is 12.3. The molecule has 3 heterocycles. The topological polar surface area (TPSA) is 94.1 Å². The van der Waals surface area contributed by atoms with E-state index >= 15 is 0 Å². The van der Waals surface area contributed by atoms with Gasteiger partial charge in [-0.3, -0.25) is 19.5 Å². The average molecular weight is 458 g/mol. The highest BCUT2D eigenvalue weighted by Crippen LogP contribution is 2.39. The number of hydrogen-bond acceptors (Lipinski definition) is 5. The Hall–Kier alpha value is -2.69. The van der Waals surface area contributed by atoms with Crippen molar-refractivity contribution in [2.75, 3.05) is 33.7 Å². The Balaban J connectivity index is 0.000000451. The molecule has 32 heavy (non-hydrogen) atoms. The summed E-state index contributed by atoms with van der Waals surface area (Å²) in [5.41, 5.74) is 2.01. The lowest BCUT2D eigenvalue weighted by molar-refractivity contribution is -0.192. The van der Waals surface area contributed by atoms with Gasteiger partial charge in [0.15, 0.2) is 0 Å². The summed E-state index contributed by atoms with van der Waals surface area (Å²) in [6.45, 7) is 4.96. The molecule has 2 aliphatic heterocycles. The van der Waals surface area contributed by atoms with E-state index in [1.54, 1.807) is 19.0 Å². The number of alkyl halides is 3. The van der Waals surface area contributed by atoms with E-state index in [9.17, 15) is 22.8 Å². The maximum atomic E-state index is 12.3. The lowest BCUT2D eigenvalue weighted by atomic mass is 9.85. The number of likely N-dealkylation sites (tertiary alicyclic amines) is 2. The van der Waals surface area contributed by atoms with Gasteiger partial charge in [0.05, 0.1) is 5.69 Å². The van der Waals surface area contributed by atoms with Crippen LogP contribution >= 0.6 is 0 Å². The molecule has 0 saturated carbocycles. The van der Waals surface area contributed by atoms with Crippen LogP contribution in [0.15, 0.2) is 18.2 Å². The van der Waals surface area contributed by atoms with Gasteiger partial charge in [-0.2, -0.15) is 13.2 Å². The van der Waals surface area contributed by atoms with Gasteiger partial charge in [-0.25, -0.2) is 4.79 Å². The molecule has 0 radical (unpaired) electrons. The number of amides is 2. The number of carbonyl (C=O) groups excluding carboxylic acids is 2. The normalized spacial score (nSPS) is 18.3. The highest BCUT2D eigenvalue weighted by Gasteiger charge is 2.47. The molecule has 2 amide bonds. The van der Waals surface area contributed by atoms with Gasteiger partial charge in [-0.1, -0.05) is 6.07 Å². The fourth-order valence-corrected chi connectivity index (χ4v) is 3.97. The molecule has 0 aliphatic carbocycles. The van der Waals surface area contributed by atoms with Crippen LogP contribution in [0.1, 0.15) is 37.1 Å². The van der Waals surface area contributed by atoms with Crippen molar-refractivity contribution in [2.24, 2.45) is 0 Å². The van der Waals surface area contributed by atoms with Crippen LogP contribution in [0.4, 0.5) is 13.2 Å². The SMILES string of the molecule is Cc1cccc(CN2CCC3(CCC(=O)N3CC(=O)N(C)C)CC2)n1.O=C(O)C(F)(F)F. The van der Waals surface area contributed by atoms with Crippen molar-refractivity contribution in [1.29, 1.82) is 0 Å². The van der Waals surface area contributed by atoms with Crippen molar-refractivity contribution in [3.8, 4) is 0 Å². The summed E-state index contributed by atoms with van der Waals surface area (Å²) >= 11 is 0. The van der Waals surface area contributed by atoms with Crippen LogP contribution < -0.4 is 0 Å². The number of carbonyl (C=O) groups is 3. The quantitative estimate of drug-likeness (QED) is 0.743. The molecule has 0 bridgehead atoms. The van der Waals surface area contributed by atoms with Crippen LogP contribution in [-0.4, -0.2) is 88.0 Å². The van der Waals surface area contributed by atoms with E-state index in [0.29, 0.717) is 6.42 Å². The number of rotatable bonds is 4. The summed E-state index contributed by atoms with van der Waals surface area (Å²) in [4.78, 5) is 43.8. The number of halogens is 3. The van der Waals surface area contributed by atoms with Crippen molar-refractivity contribution in [2.45, 2.75) is 50.9 Å². The molecule has 1 aromatic heterocycles. The Morgan fingerprint density at radius 1 is 1.19 bits per heavy atom. The second-order valence-electron chi connectivity index (χ2n) is 8.34. The Kier molecular flexibility index (Phi) is 8.22. The molecule has 0 aromatic carbocycles. The lowest BCUT2D eigenvalue weighted by Crippen LogP contribution is -2.55. The van der Waals surface area contributed by atoms with Gasteiger partial charge in [-0.15, -0.1) is 0 Å². The fraction of sp³-hybridized carbons (Fsp3) is 0.619. The second-order valence-corrected chi connectivity index (χ2v) is 8.34. The monoisotopic (exact) mass is 458 g/mol. The van der Waals surface area contributed by atoms with Gasteiger partial charge in [0.2, 0.25) is 11.8 Å². The van der Waals surface area contributed by atoms with Crippen LogP contribution in [-0.2, 0) is 20.9 Å². The Morgan fingerprint density at radius 3 is 2.28 bits per heavy atom. The summed E-state index contributed by atoms with van der Waals surface area (Å²) in [7, 11) is 3.49. The van der Waals surface area contributed by atoms with E-state index in [1.165, 1.54) is 0 Å². The van der Waals surface area contributed by atoms with Crippen LogP contribution in [0.5, 0.6) is 0 Å². The van der Waals surface area contributed by atoms with E-state index in [2.05, 4.69) is 16.0 Å². The molecule has 2 saturated heterocycles. The van der Waals surface area contributed by atoms with Crippen molar-refractivity contribution < 1.29 is 32.7 Å². The average Bonchev–Trinajstić information content (AvgIpc) is 2.99. The van der Waals surface area contributed by atoms with Gasteiger partial charge < -0.3 is 14.9 Å². The van der Waals surface area contributed by atoms with E-state index < -0.39 is 12.1 Å². The van der Waals surface area contributed by atoms with Gasteiger partial charge in [0.1, 0.15) is 6.54 Å². The molecule has 11 heteroatoms. The molecule has 1 aromatic rings. The Morgan fingerprint density at radius 2 is 1.78 bits per heavy atom. The molecular formula is C21H29F3N4O4. The number of hydrogen-bond donors (Lipinski definition) is 1. The summed E-state index contributed by atoms with van der Waals surface area (Å²) in [5, 5.41) is 7.12. The Labute approximate surface area is 185 Å². The minimum Gasteiger partial charge on any atom is -0.475 e. The summed E-state index contributed by atoms with van der Waals surface area (Å²) < 4.78 is 31.7. The third-order valence-corrected chi connectivity index (χ3v) is 5.83. The molecule has 8 nitrogen and oxygen atoms in total. The molecule has 2 aliphatic rings. The summed E-state index contributed by atoms with van der Waals surface area (Å²) in [5.74, 6) is -2.63. The number of carboxylic acids is 1. The zero-order chi connectivity index (χ0) is 24.1. The van der Waals surface area contributed by atoms with Crippen LogP contribution in [0.2, 0.25) is 0 Å². The summed E-state index contributed by atoms with van der Waals surface area (Å²) in [6, 6.07) is 6.13. The van der Waals surface area contributed by atoms with Crippen molar-refractivity contribution in [3.05, 3.63) is 29.6 Å². The number of aryl methyl sites for hydroxylation is 1. The van der Waals surface area contributed by atoms with Gasteiger partial charge >= 0.3 is 12.1 Å². The van der Waals surface area contributed by atoms with Crippen LogP contribution in [0.3, 0.4) is 0 Å². The van der Waals surface area contributed by atoms with E-state index in [1.807, 2.05) is 24.0 Å². The van der Waals surface area contributed by atoms with Gasteiger partial charge in [-0.05, 0) is 38.3 Å². The molecule has 178 valence electrons. The first-order valence-corrected chi connectivity index (χ1v) is 10.3. The highest BCUT2D eigenvalue weighted by molar-refractivity contribution is 5.86. The van der Waals surface area contributed by atoms with E-state index in [0.717, 1.165) is 50.3 Å². The van der Waals surface area contributed by atoms with E-state index in [4.69, 9.17) is 9.90 Å². The number of pyridine rings is 1. The second kappa shape index (κ2) is 10.3. The zero-order valence-corrected chi connectivity index (χ0v) is 18.5. The third kappa shape index (κ3) is 6.65. The predicted octanol–water partition coefficient (Wildman–Crippen LogP) is 2.07. The third-order valence-electron chi connectivity index (χ3n) is 5.83. The number of carboxylic acid groups (broad SMARTS) is 1. The number of aliphatic carboxylic acids is 1. The summed E-state index contributed by atoms with van der Waals surface area (Å²) in [6.07, 6.45) is -1.76. The van der Waals surface area contributed by atoms with Crippen LogP contribution in [0.25, 0.3) is 0 Å². The van der Waals surface area contributed by atoms with E-state index in [-0.39, 0.29) is 23.9 Å². The first-order chi connectivity index (χ1) is 14.8. The molecule has 1 spiro atoms. The Bertz CT molecular complexity index is 837. The van der Waals surface area contributed by atoms with Gasteiger partial charge in [0.25, 0.3) is 0 Å². The molecule has 1 N–H and O–H groups in total. The molecule has 2 fully saturated rings. The molecule has 0 unspecified atom stereocenters. The minimum absolute atomic E-state index is 0.000940. The largest absolute Gasteiger partial charge is 0.490 e. The van der Waals surface area contributed by atoms with Crippen LogP contribution in [0, 0.1) is 6.92 Å². The molecule has 0 atom stereocenters. The first kappa shape index (κ1) is 25.6. The molecular weight excluding hydrogens is 429 g/mol. The maximum Gasteiger partial charge on any atom is 0.490 e. The van der Waals surface area contributed by atoms with Gasteiger partial charge in [0, 0.05) is 51.4 Å². The van der Waals surface area contributed by atoms with Crippen molar-refractivity contribution in [1.82, 2.24) is 19.7 Å². The minimum atomic E-state index is -5.08. The predicted molar refractivity (Wildman–Crippen MR) is 110 cm³/mol. The standard InChI is InChI=1S/C19H28N4O2.C2HF3O2/c1-15-5-4-6-16(20-15)13-22-11-9-19(10-12-22)8-7-17(24)23(19)14-18(25)21(2)3;3-2(4,5)1(6)7/h4-6H,7-14H2,1-3H3;(H,6,7). The smallest absolute Gasteiger partial charge is 0.475 e. The highest BCUT2D eigenvalue weighted by atomic mass is 19.4. The van der Waals surface area contributed by atoms with Crippen molar-refractivity contribution >= 4 is 17.8 Å². The molecule has 3 rings (SSSR count). The van der Waals surface area contributed by atoms with Crippen molar-refractivity contribution in [3.63, 3.8) is 0 Å². The number of likely N-dealkylation sites (N-methyl/N-ethyl adjacent to an activating group) is 1. The first-order valence-electron chi connectivity index (χ1n) is 10.3. The number of aromatic nitrogens is 1. The fourth-order valence-electron chi connectivity index (χ4n) is 3.97. The number of piperidine rings is 1. The zero-order valence-electron chi connectivity index (χ0n) is 18.5.